The van der Waals surface area contributed by atoms with Gasteiger partial charge in [0.2, 0.25) is 0 Å². The Bertz CT molecular complexity index is 727. The van der Waals surface area contributed by atoms with Crippen molar-refractivity contribution >= 4 is 35.8 Å². The van der Waals surface area contributed by atoms with Gasteiger partial charge in [-0.15, -0.1) is 24.0 Å². The number of nitrogens with zero attached hydrogens (tertiary/aromatic N) is 4. The molecule has 0 atom stereocenters. The summed E-state index contributed by atoms with van der Waals surface area (Å²) in [5.74, 6) is 2.93. The Kier molecular flexibility index (Phi) is 10.9. The number of aliphatic imine (C=N–C) groups is 1. The Morgan fingerprint density at radius 3 is 2.57 bits per heavy atom. The molecule has 2 heterocycles. The van der Waals surface area contributed by atoms with E-state index in [9.17, 15) is 0 Å². The van der Waals surface area contributed by atoms with Crippen LogP contribution in [-0.2, 0) is 13.1 Å². The molecule has 0 radical (unpaired) electrons. The molecule has 0 aliphatic rings. The minimum absolute atomic E-state index is 0. The van der Waals surface area contributed by atoms with Crippen molar-refractivity contribution in [1.29, 1.82) is 0 Å². The van der Waals surface area contributed by atoms with Gasteiger partial charge in [-0.05, 0) is 31.9 Å². The quantitative estimate of drug-likeness (QED) is 0.309. The van der Waals surface area contributed by atoms with E-state index < -0.39 is 0 Å². The van der Waals surface area contributed by atoms with Crippen molar-refractivity contribution in [3.8, 4) is 0 Å². The highest BCUT2D eigenvalue weighted by atomic mass is 127. The first kappa shape index (κ1) is 24.2. The smallest absolute Gasteiger partial charge is 0.192 e. The van der Waals surface area contributed by atoms with E-state index >= 15 is 0 Å². The highest BCUT2D eigenvalue weighted by Crippen LogP contribution is 2.22. The van der Waals surface area contributed by atoms with E-state index in [0.29, 0.717) is 19.0 Å². The predicted octanol–water partition coefficient (Wildman–Crippen LogP) is 3.91. The number of pyridine rings is 1. The second kappa shape index (κ2) is 12.6. The topological polar surface area (TPSA) is 78.6 Å². The molecular formula is C20H33IN6O. The van der Waals surface area contributed by atoms with Gasteiger partial charge >= 0.3 is 0 Å². The van der Waals surface area contributed by atoms with E-state index in [1.165, 1.54) is 0 Å². The zero-order chi connectivity index (χ0) is 19.6. The zero-order valence-electron chi connectivity index (χ0n) is 17.5. The molecule has 156 valence electrons. The predicted molar refractivity (Wildman–Crippen MR) is 125 cm³/mol. The molecule has 2 rings (SSSR count). The number of halogens is 1. The second-order valence-corrected chi connectivity index (χ2v) is 6.66. The molecule has 0 spiro atoms. The fraction of sp³-hybridized carbons (Fsp3) is 0.550. The number of hydrogen-bond donors (Lipinski definition) is 2. The SMILES string of the molecule is CCNC(=NCc1cccc(N(C)C)n1)NCc1cc(C(CC)CC)no1.I. The number of aromatic nitrogens is 2. The summed E-state index contributed by atoms with van der Waals surface area (Å²) in [5, 5.41) is 10.8. The van der Waals surface area contributed by atoms with Crippen molar-refractivity contribution in [2.45, 2.75) is 52.6 Å². The molecule has 28 heavy (non-hydrogen) atoms. The fourth-order valence-corrected chi connectivity index (χ4v) is 2.79. The maximum Gasteiger partial charge on any atom is 0.192 e. The minimum atomic E-state index is 0. The standard InChI is InChI=1S/C20H32N6O.HI/c1-6-15(7-2)18-12-17(27-25-18)14-23-20(21-8-3)22-13-16-10-9-11-19(24-16)26(4)5;/h9-12,15H,6-8,13-14H2,1-5H3,(H2,21,22,23);1H. The van der Waals surface area contributed by atoms with Gasteiger partial charge < -0.3 is 20.1 Å². The second-order valence-electron chi connectivity index (χ2n) is 6.66. The van der Waals surface area contributed by atoms with E-state index in [4.69, 9.17) is 4.52 Å². The van der Waals surface area contributed by atoms with Crippen molar-refractivity contribution in [3.05, 3.63) is 41.4 Å². The lowest BCUT2D eigenvalue weighted by molar-refractivity contribution is 0.368. The number of nitrogens with one attached hydrogen (secondary N) is 2. The molecule has 0 aliphatic heterocycles. The van der Waals surface area contributed by atoms with E-state index in [2.05, 4.69) is 39.6 Å². The first-order chi connectivity index (χ1) is 13.1. The normalized spacial score (nSPS) is 11.3. The largest absolute Gasteiger partial charge is 0.363 e. The van der Waals surface area contributed by atoms with Gasteiger partial charge in [-0.1, -0.05) is 25.1 Å². The third kappa shape index (κ3) is 7.29. The summed E-state index contributed by atoms with van der Waals surface area (Å²) in [6.07, 6.45) is 2.14. The average Bonchev–Trinajstić information content (AvgIpc) is 3.14. The first-order valence-corrected chi connectivity index (χ1v) is 9.68. The molecular weight excluding hydrogens is 467 g/mol. The molecule has 0 saturated carbocycles. The molecule has 8 heteroatoms. The van der Waals surface area contributed by atoms with Crippen LogP contribution in [-0.4, -0.2) is 36.7 Å². The Morgan fingerprint density at radius 2 is 1.93 bits per heavy atom. The van der Waals surface area contributed by atoms with Crippen LogP contribution in [0.5, 0.6) is 0 Å². The van der Waals surface area contributed by atoms with Crippen molar-refractivity contribution in [1.82, 2.24) is 20.8 Å². The number of guanidine groups is 1. The van der Waals surface area contributed by atoms with Crippen LogP contribution in [0.25, 0.3) is 0 Å². The summed E-state index contributed by atoms with van der Waals surface area (Å²) in [7, 11) is 3.96. The molecule has 2 aromatic rings. The minimum Gasteiger partial charge on any atom is -0.363 e. The monoisotopic (exact) mass is 500 g/mol. The van der Waals surface area contributed by atoms with Gasteiger partial charge in [0, 0.05) is 32.6 Å². The summed E-state index contributed by atoms with van der Waals surface area (Å²) in [6.45, 7) is 8.23. The van der Waals surface area contributed by atoms with E-state index in [1.807, 2.05) is 50.2 Å². The first-order valence-electron chi connectivity index (χ1n) is 9.68. The lowest BCUT2D eigenvalue weighted by Gasteiger charge is -2.12. The van der Waals surface area contributed by atoms with Crippen molar-refractivity contribution in [2.75, 3.05) is 25.5 Å². The van der Waals surface area contributed by atoms with Crippen LogP contribution in [0.15, 0.2) is 33.8 Å². The van der Waals surface area contributed by atoms with Gasteiger partial charge in [-0.2, -0.15) is 0 Å². The van der Waals surface area contributed by atoms with Gasteiger partial charge in [0.15, 0.2) is 11.7 Å². The van der Waals surface area contributed by atoms with Gasteiger partial charge in [-0.25, -0.2) is 9.98 Å². The molecule has 7 nitrogen and oxygen atoms in total. The maximum atomic E-state index is 5.47. The van der Waals surface area contributed by atoms with Crippen LogP contribution in [0.3, 0.4) is 0 Å². The summed E-state index contributed by atoms with van der Waals surface area (Å²) in [5.41, 5.74) is 1.96. The highest BCUT2D eigenvalue weighted by Gasteiger charge is 2.13. The molecule has 0 saturated heterocycles. The molecule has 0 fully saturated rings. The Hall–Kier alpha value is -1.84. The van der Waals surface area contributed by atoms with Crippen LogP contribution >= 0.6 is 24.0 Å². The van der Waals surface area contributed by atoms with Crippen LogP contribution in [0.2, 0.25) is 0 Å². The number of rotatable bonds is 9. The molecule has 0 aromatic carbocycles. The van der Waals surface area contributed by atoms with Gasteiger partial charge in [0.1, 0.15) is 5.82 Å². The molecule has 0 aliphatic carbocycles. The summed E-state index contributed by atoms with van der Waals surface area (Å²) >= 11 is 0. The van der Waals surface area contributed by atoms with Crippen LogP contribution in [0.4, 0.5) is 5.82 Å². The van der Waals surface area contributed by atoms with Crippen molar-refractivity contribution in [2.24, 2.45) is 4.99 Å². The molecule has 0 amide bonds. The Labute approximate surface area is 185 Å². The van der Waals surface area contributed by atoms with Crippen molar-refractivity contribution in [3.63, 3.8) is 0 Å². The third-order valence-electron chi connectivity index (χ3n) is 4.40. The Balaban J connectivity index is 0.00000392. The highest BCUT2D eigenvalue weighted by molar-refractivity contribution is 14.0. The molecule has 2 N–H and O–H groups in total. The Morgan fingerprint density at radius 1 is 1.18 bits per heavy atom. The van der Waals surface area contributed by atoms with Crippen molar-refractivity contribution < 1.29 is 4.52 Å². The molecule has 0 bridgehead atoms. The van der Waals surface area contributed by atoms with E-state index in [-0.39, 0.29) is 24.0 Å². The van der Waals surface area contributed by atoms with Gasteiger partial charge in [-0.3, -0.25) is 0 Å². The van der Waals surface area contributed by atoms with Crippen LogP contribution in [0.1, 0.15) is 56.7 Å². The van der Waals surface area contributed by atoms with E-state index in [0.717, 1.165) is 48.3 Å². The molecule has 0 unspecified atom stereocenters. The summed E-state index contributed by atoms with van der Waals surface area (Å²) in [4.78, 5) is 11.2. The van der Waals surface area contributed by atoms with E-state index in [1.54, 1.807) is 0 Å². The lowest BCUT2D eigenvalue weighted by atomic mass is 9.99. The average molecular weight is 500 g/mol. The van der Waals surface area contributed by atoms with Gasteiger partial charge in [0.05, 0.1) is 24.5 Å². The fourth-order valence-electron chi connectivity index (χ4n) is 2.79. The van der Waals surface area contributed by atoms with Crippen LogP contribution in [0, 0.1) is 0 Å². The number of anilines is 1. The maximum absolute atomic E-state index is 5.47. The number of hydrogen-bond acceptors (Lipinski definition) is 5. The summed E-state index contributed by atoms with van der Waals surface area (Å²) in [6, 6.07) is 8.01. The third-order valence-corrected chi connectivity index (χ3v) is 4.40. The zero-order valence-corrected chi connectivity index (χ0v) is 19.9. The molecule has 2 aromatic heterocycles. The van der Waals surface area contributed by atoms with Crippen LogP contribution < -0.4 is 15.5 Å². The summed E-state index contributed by atoms with van der Waals surface area (Å²) < 4.78 is 5.47. The van der Waals surface area contributed by atoms with Gasteiger partial charge in [0.25, 0.3) is 0 Å². The lowest BCUT2D eigenvalue weighted by Crippen LogP contribution is -2.36.